The molecule has 1 atom stereocenters. The maximum absolute atomic E-state index is 12.6. The van der Waals surface area contributed by atoms with Crippen molar-refractivity contribution in [3.63, 3.8) is 0 Å². The van der Waals surface area contributed by atoms with Crippen LogP contribution in [0.4, 0.5) is 0 Å². The Kier molecular flexibility index (Phi) is 7.62. The summed E-state index contributed by atoms with van der Waals surface area (Å²) in [4.78, 5) is 23.9. The number of aromatic nitrogens is 3. The Hall–Kier alpha value is -4.00. The molecule has 0 radical (unpaired) electrons. The van der Waals surface area contributed by atoms with Crippen molar-refractivity contribution in [2.24, 2.45) is 7.05 Å². The maximum atomic E-state index is 12.6. The van der Waals surface area contributed by atoms with Gasteiger partial charge in [0.15, 0.2) is 0 Å². The van der Waals surface area contributed by atoms with Crippen LogP contribution in [-0.2, 0) is 33.1 Å². The number of fused-ring (bicyclic) bond motifs is 2. The van der Waals surface area contributed by atoms with Crippen LogP contribution in [0.2, 0.25) is 5.02 Å². The topological polar surface area (TPSA) is 63.0 Å². The number of pyridine rings is 2. The first-order chi connectivity index (χ1) is 19.6. The van der Waals surface area contributed by atoms with Gasteiger partial charge in [-0.1, -0.05) is 60.1 Å². The fourth-order valence-corrected chi connectivity index (χ4v) is 5.96. The lowest BCUT2D eigenvalue weighted by molar-refractivity contribution is 0.0951. The van der Waals surface area contributed by atoms with Gasteiger partial charge in [-0.25, -0.2) is 0 Å². The largest absolute Gasteiger partial charge is 0.348 e. The number of nitrogens with one attached hydrogen (secondary N) is 1. The molecule has 2 aromatic carbocycles. The summed E-state index contributed by atoms with van der Waals surface area (Å²) in [6.07, 6.45) is 8.32. The van der Waals surface area contributed by atoms with Crippen LogP contribution in [-0.4, -0.2) is 25.3 Å². The zero-order valence-corrected chi connectivity index (χ0v) is 23.3. The Labute approximate surface area is 239 Å². The Bertz CT molecular complexity index is 1640. The number of carbonyl (C=O) groups excluding carboxylic acids is 1. The van der Waals surface area contributed by atoms with E-state index in [0.29, 0.717) is 17.1 Å². The van der Waals surface area contributed by atoms with Crippen LogP contribution in [0.3, 0.4) is 0 Å². The number of hydrogen-bond donors (Lipinski definition) is 1. The van der Waals surface area contributed by atoms with Crippen molar-refractivity contribution in [3.8, 4) is 0 Å². The lowest BCUT2D eigenvalue weighted by Gasteiger charge is -2.35. The molecule has 1 N–H and O–H groups in total. The molecule has 3 heterocycles. The number of amides is 1. The summed E-state index contributed by atoms with van der Waals surface area (Å²) in [6, 6.07) is 25.5. The van der Waals surface area contributed by atoms with Gasteiger partial charge in [0.25, 0.3) is 5.91 Å². The minimum Gasteiger partial charge on any atom is -0.348 e. The molecule has 0 aliphatic heterocycles. The molecule has 6 nitrogen and oxygen atoms in total. The third-order valence-electron chi connectivity index (χ3n) is 7.90. The van der Waals surface area contributed by atoms with E-state index in [-0.39, 0.29) is 11.9 Å². The second-order valence-corrected chi connectivity index (χ2v) is 10.9. The molecule has 0 fully saturated rings. The minimum absolute atomic E-state index is 0.207. The molecule has 1 aliphatic carbocycles. The molecule has 0 saturated heterocycles. The number of para-hydroxylation sites is 1. The van der Waals surface area contributed by atoms with E-state index in [9.17, 15) is 4.79 Å². The fourth-order valence-electron chi connectivity index (χ4n) is 5.76. The molecular formula is C33H32ClN5O. The summed E-state index contributed by atoms with van der Waals surface area (Å²) in [5.41, 5.74) is 7.81. The van der Waals surface area contributed by atoms with Crippen molar-refractivity contribution in [1.29, 1.82) is 0 Å². The molecule has 0 saturated carbocycles. The van der Waals surface area contributed by atoms with E-state index in [1.54, 1.807) is 12.3 Å². The van der Waals surface area contributed by atoms with Gasteiger partial charge in [-0.05, 0) is 65.6 Å². The number of benzene rings is 2. The third-order valence-corrected chi connectivity index (χ3v) is 8.20. The predicted molar refractivity (Wildman–Crippen MR) is 159 cm³/mol. The van der Waals surface area contributed by atoms with Crippen LogP contribution < -0.4 is 5.32 Å². The van der Waals surface area contributed by atoms with E-state index in [2.05, 4.69) is 93.5 Å². The summed E-state index contributed by atoms with van der Waals surface area (Å²) in [5.74, 6) is -0.207. The second kappa shape index (κ2) is 11.6. The summed E-state index contributed by atoms with van der Waals surface area (Å²) in [6.45, 7) is 2.06. The monoisotopic (exact) mass is 549 g/mol. The average Bonchev–Trinajstić information content (AvgIpc) is 3.31. The van der Waals surface area contributed by atoms with Crippen molar-refractivity contribution in [3.05, 3.63) is 130 Å². The van der Waals surface area contributed by atoms with Crippen molar-refractivity contribution in [2.45, 2.75) is 44.9 Å². The molecule has 1 aliphatic rings. The molecule has 40 heavy (non-hydrogen) atoms. The summed E-state index contributed by atoms with van der Waals surface area (Å²) >= 11 is 6.12. The van der Waals surface area contributed by atoms with Gasteiger partial charge in [0.1, 0.15) is 0 Å². The third kappa shape index (κ3) is 5.51. The molecule has 7 heteroatoms. The van der Waals surface area contributed by atoms with E-state index in [0.717, 1.165) is 37.9 Å². The number of carbonyl (C=O) groups is 1. The van der Waals surface area contributed by atoms with E-state index in [1.807, 2.05) is 6.20 Å². The molecule has 3 aromatic heterocycles. The second-order valence-electron chi connectivity index (χ2n) is 10.5. The molecule has 202 valence electrons. The lowest BCUT2D eigenvalue weighted by Crippen LogP contribution is -2.32. The summed E-state index contributed by atoms with van der Waals surface area (Å²) in [7, 11) is 2.16. The fraction of sp³-hybridized carbons (Fsp3) is 0.242. The first-order valence-corrected chi connectivity index (χ1v) is 14.1. The van der Waals surface area contributed by atoms with Crippen LogP contribution in [0.25, 0.3) is 10.9 Å². The van der Waals surface area contributed by atoms with Gasteiger partial charge >= 0.3 is 0 Å². The van der Waals surface area contributed by atoms with E-state index in [4.69, 9.17) is 16.6 Å². The first-order valence-electron chi connectivity index (χ1n) is 13.7. The molecule has 0 bridgehead atoms. The minimum atomic E-state index is -0.207. The normalized spacial score (nSPS) is 14.8. The molecule has 1 unspecified atom stereocenters. The quantitative estimate of drug-likeness (QED) is 0.236. The Morgan fingerprint density at radius 3 is 2.67 bits per heavy atom. The van der Waals surface area contributed by atoms with Crippen molar-refractivity contribution in [1.82, 2.24) is 24.8 Å². The smallest absolute Gasteiger partial charge is 0.253 e. The van der Waals surface area contributed by atoms with Crippen molar-refractivity contribution in [2.75, 3.05) is 0 Å². The molecular weight excluding hydrogens is 518 g/mol. The molecule has 0 spiro atoms. The first kappa shape index (κ1) is 26.2. The number of halogens is 1. The van der Waals surface area contributed by atoms with Crippen LogP contribution in [0.5, 0.6) is 0 Å². The predicted octanol–water partition coefficient (Wildman–Crippen LogP) is 6.63. The van der Waals surface area contributed by atoms with Gasteiger partial charge in [-0.3, -0.25) is 19.7 Å². The number of aryl methyl sites for hydroxylation is 2. The highest BCUT2D eigenvalue weighted by Crippen LogP contribution is 2.35. The number of rotatable bonds is 8. The number of hydrogen-bond acceptors (Lipinski definition) is 4. The van der Waals surface area contributed by atoms with Crippen LogP contribution in [0, 0.1) is 0 Å². The highest BCUT2D eigenvalue weighted by atomic mass is 35.5. The number of nitrogens with zero attached hydrogens (tertiary/aromatic N) is 4. The average molecular weight is 550 g/mol. The van der Waals surface area contributed by atoms with E-state index < -0.39 is 0 Å². The highest BCUT2D eigenvalue weighted by Gasteiger charge is 2.28. The summed E-state index contributed by atoms with van der Waals surface area (Å²) < 4.78 is 2.31. The summed E-state index contributed by atoms with van der Waals surface area (Å²) in [5, 5.41) is 4.57. The van der Waals surface area contributed by atoms with Gasteiger partial charge < -0.3 is 9.88 Å². The molecule has 5 aromatic rings. The standard InChI is InChI=1S/C33H32ClN5O/c1-38-27(18-26-6-2-3-9-30(26)38)22-39(31-10-4-7-25-8-5-16-36-32(25)31)21-24-13-11-23(12-14-24)19-37-33(40)28-15-17-35-20-29(28)34/h2-3,5-6,8-9,11-18,20,31H,4,7,10,19,21-22H2,1H3,(H,37,40). The Morgan fingerprint density at radius 1 is 1.02 bits per heavy atom. The van der Waals surface area contributed by atoms with Gasteiger partial charge in [-0.15, -0.1) is 0 Å². The Morgan fingerprint density at radius 2 is 1.85 bits per heavy atom. The highest BCUT2D eigenvalue weighted by molar-refractivity contribution is 6.33. The van der Waals surface area contributed by atoms with Crippen molar-refractivity contribution >= 4 is 28.4 Å². The maximum Gasteiger partial charge on any atom is 0.253 e. The van der Waals surface area contributed by atoms with Crippen LogP contribution in [0.1, 0.15) is 57.3 Å². The van der Waals surface area contributed by atoms with Crippen molar-refractivity contribution < 1.29 is 4.79 Å². The van der Waals surface area contributed by atoms with Gasteiger partial charge in [0.2, 0.25) is 0 Å². The SMILES string of the molecule is Cn1c(CN(Cc2ccc(CNC(=O)c3ccncc3Cl)cc2)C2CCCc3cccnc32)cc2ccccc21. The van der Waals surface area contributed by atoms with Gasteiger partial charge in [0, 0.05) is 56.5 Å². The Balaban J connectivity index is 1.22. The zero-order valence-electron chi connectivity index (χ0n) is 22.6. The zero-order chi connectivity index (χ0) is 27.5. The van der Waals surface area contributed by atoms with Gasteiger partial charge in [-0.2, -0.15) is 0 Å². The van der Waals surface area contributed by atoms with E-state index >= 15 is 0 Å². The van der Waals surface area contributed by atoms with E-state index in [1.165, 1.54) is 39.6 Å². The van der Waals surface area contributed by atoms with Crippen LogP contribution in [0.15, 0.2) is 91.4 Å². The molecule has 6 rings (SSSR count). The lowest BCUT2D eigenvalue weighted by atomic mass is 9.90. The van der Waals surface area contributed by atoms with Gasteiger partial charge in [0.05, 0.1) is 22.3 Å². The van der Waals surface area contributed by atoms with Crippen LogP contribution >= 0.6 is 11.6 Å². The molecule has 1 amide bonds.